The van der Waals surface area contributed by atoms with Crippen LogP contribution in [0.15, 0.2) is 41.3 Å². The maximum atomic E-state index is 12.9. The molecule has 1 aliphatic rings. The molecule has 30 heavy (non-hydrogen) atoms. The maximum absolute atomic E-state index is 12.9. The normalized spacial score (nSPS) is 14.9. The predicted molar refractivity (Wildman–Crippen MR) is 114 cm³/mol. The molecule has 0 atom stereocenters. The summed E-state index contributed by atoms with van der Waals surface area (Å²) >= 11 is 0. The Hall–Kier alpha value is -2.75. The van der Waals surface area contributed by atoms with E-state index in [-0.39, 0.29) is 29.5 Å². The van der Waals surface area contributed by atoms with Crippen LogP contribution in [0, 0.1) is 13.8 Å². The number of nitrogens with one attached hydrogen (secondary N) is 2. The fourth-order valence-electron chi connectivity index (χ4n) is 3.17. The van der Waals surface area contributed by atoms with Gasteiger partial charge in [0.1, 0.15) is 0 Å². The molecule has 2 aromatic carbocycles. The number of amides is 2. The van der Waals surface area contributed by atoms with Crippen molar-refractivity contribution < 1.29 is 22.7 Å². The van der Waals surface area contributed by atoms with Crippen LogP contribution in [0.3, 0.4) is 0 Å². The molecule has 9 heteroatoms. The Morgan fingerprint density at radius 3 is 2.30 bits per heavy atom. The number of hydrogen-bond acceptors (Lipinski definition) is 5. The first-order valence-electron chi connectivity index (χ1n) is 9.56. The van der Waals surface area contributed by atoms with Crippen LogP contribution in [0.1, 0.15) is 28.4 Å². The van der Waals surface area contributed by atoms with Crippen molar-refractivity contribution in [2.24, 2.45) is 0 Å². The maximum Gasteiger partial charge on any atom is 0.255 e. The smallest absolute Gasteiger partial charge is 0.255 e. The molecule has 0 saturated carbocycles. The molecule has 1 heterocycles. The zero-order valence-electron chi connectivity index (χ0n) is 17.2. The van der Waals surface area contributed by atoms with Crippen LogP contribution in [-0.4, -0.2) is 50.8 Å². The molecule has 0 bridgehead atoms. The third-order valence-corrected chi connectivity index (χ3v) is 6.76. The van der Waals surface area contributed by atoms with E-state index in [0.29, 0.717) is 30.2 Å². The zero-order chi connectivity index (χ0) is 21.9. The number of hydrogen-bond donors (Lipinski definition) is 2. The van der Waals surface area contributed by atoms with Crippen LogP contribution >= 0.6 is 0 Å². The summed E-state index contributed by atoms with van der Waals surface area (Å²) < 4.78 is 32.5. The first kappa shape index (κ1) is 21.9. The highest BCUT2D eigenvalue weighted by Crippen LogP contribution is 2.24. The fraction of sp³-hybridized carbons (Fsp3) is 0.333. The topological polar surface area (TPSA) is 105 Å². The van der Waals surface area contributed by atoms with Crippen LogP contribution in [0.4, 0.5) is 11.4 Å². The average molecular weight is 432 g/mol. The zero-order valence-corrected chi connectivity index (χ0v) is 18.0. The summed E-state index contributed by atoms with van der Waals surface area (Å²) in [5.74, 6) is -0.636. The number of ether oxygens (including phenoxy) is 1. The lowest BCUT2D eigenvalue weighted by atomic mass is 10.1. The van der Waals surface area contributed by atoms with Crippen molar-refractivity contribution in [2.75, 3.05) is 36.9 Å². The van der Waals surface area contributed by atoms with Crippen LogP contribution in [0.2, 0.25) is 0 Å². The molecule has 2 N–H and O–H groups in total. The monoisotopic (exact) mass is 431 g/mol. The van der Waals surface area contributed by atoms with Gasteiger partial charge in [-0.25, -0.2) is 8.42 Å². The van der Waals surface area contributed by atoms with Gasteiger partial charge in [0.15, 0.2) is 0 Å². The molecule has 0 spiro atoms. The van der Waals surface area contributed by atoms with E-state index in [1.54, 1.807) is 31.2 Å². The summed E-state index contributed by atoms with van der Waals surface area (Å²) in [6.45, 7) is 6.26. The highest BCUT2D eigenvalue weighted by Gasteiger charge is 2.27. The van der Waals surface area contributed by atoms with E-state index in [1.807, 2.05) is 6.92 Å². The van der Waals surface area contributed by atoms with Crippen molar-refractivity contribution in [3.8, 4) is 0 Å². The van der Waals surface area contributed by atoms with Crippen LogP contribution in [-0.2, 0) is 19.6 Å². The average Bonchev–Trinajstić information content (AvgIpc) is 2.71. The number of nitrogens with zero attached hydrogens (tertiary/aromatic N) is 1. The molecule has 1 saturated heterocycles. The van der Waals surface area contributed by atoms with Crippen LogP contribution in [0.5, 0.6) is 0 Å². The highest BCUT2D eigenvalue weighted by atomic mass is 32.2. The van der Waals surface area contributed by atoms with Crippen molar-refractivity contribution in [3.05, 3.63) is 53.1 Å². The summed E-state index contributed by atoms with van der Waals surface area (Å²) in [7, 11) is -3.71. The number of benzene rings is 2. The molecular formula is C21H25N3O5S. The quantitative estimate of drug-likeness (QED) is 0.757. The van der Waals surface area contributed by atoms with Gasteiger partial charge >= 0.3 is 0 Å². The number of sulfonamides is 1. The summed E-state index contributed by atoms with van der Waals surface area (Å²) in [5, 5.41) is 5.50. The van der Waals surface area contributed by atoms with Gasteiger partial charge in [0.05, 0.1) is 18.1 Å². The minimum atomic E-state index is -3.71. The van der Waals surface area contributed by atoms with Crippen molar-refractivity contribution in [1.29, 1.82) is 0 Å². The summed E-state index contributed by atoms with van der Waals surface area (Å²) in [5.41, 5.74) is 2.83. The Morgan fingerprint density at radius 1 is 0.967 bits per heavy atom. The summed E-state index contributed by atoms with van der Waals surface area (Å²) in [6.07, 6.45) is 0. The standard InChI is InChI=1S/C21H25N3O5S/c1-14-5-7-18(30(27,28)24-8-10-29-11-9-24)13-19(14)21(26)23-20-12-17(22-16(3)25)6-4-15(20)2/h4-7,12-13H,8-11H2,1-3H3,(H,22,25)(H,23,26). The van der Waals surface area contributed by atoms with Gasteiger partial charge in [-0.2, -0.15) is 4.31 Å². The van der Waals surface area contributed by atoms with E-state index in [4.69, 9.17) is 4.74 Å². The Morgan fingerprint density at radius 2 is 1.63 bits per heavy atom. The lowest BCUT2D eigenvalue weighted by molar-refractivity contribution is -0.114. The lowest BCUT2D eigenvalue weighted by Gasteiger charge is -2.26. The van der Waals surface area contributed by atoms with Crippen LogP contribution < -0.4 is 10.6 Å². The number of morpholine rings is 1. The second kappa shape index (κ2) is 8.95. The van der Waals surface area contributed by atoms with Gasteiger partial charge in [-0.3, -0.25) is 9.59 Å². The Balaban J connectivity index is 1.88. The molecule has 8 nitrogen and oxygen atoms in total. The molecule has 0 unspecified atom stereocenters. The van der Waals surface area contributed by atoms with Gasteiger partial charge in [-0.15, -0.1) is 0 Å². The number of aryl methyl sites for hydroxylation is 2. The molecule has 160 valence electrons. The Kier molecular flexibility index (Phi) is 6.55. The van der Waals surface area contributed by atoms with Gasteiger partial charge in [-0.1, -0.05) is 12.1 Å². The predicted octanol–water partition coefficient (Wildman–Crippen LogP) is 2.54. The highest BCUT2D eigenvalue weighted by molar-refractivity contribution is 7.89. The molecular weight excluding hydrogens is 406 g/mol. The molecule has 3 rings (SSSR count). The Labute approximate surface area is 176 Å². The van der Waals surface area contributed by atoms with Crippen molar-refractivity contribution >= 4 is 33.2 Å². The summed E-state index contributed by atoms with van der Waals surface area (Å²) in [4.78, 5) is 24.3. The van der Waals surface area contributed by atoms with E-state index in [9.17, 15) is 18.0 Å². The molecule has 2 aromatic rings. The van der Waals surface area contributed by atoms with E-state index >= 15 is 0 Å². The van der Waals surface area contributed by atoms with Gasteiger partial charge in [0.2, 0.25) is 15.9 Å². The largest absolute Gasteiger partial charge is 0.379 e. The van der Waals surface area contributed by atoms with Crippen molar-refractivity contribution in [3.63, 3.8) is 0 Å². The Bertz CT molecular complexity index is 1080. The molecule has 1 fully saturated rings. The molecule has 0 aromatic heterocycles. The van der Waals surface area contributed by atoms with Gasteiger partial charge < -0.3 is 15.4 Å². The van der Waals surface area contributed by atoms with Gasteiger partial charge in [-0.05, 0) is 49.2 Å². The number of carbonyl (C=O) groups excluding carboxylic acids is 2. The fourth-order valence-corrected chi connectivity index (χ4v) is 4.60. The van der Waals surface area contributed by atoms with E-state index in [1.165, 1.54) is 23.4 Å². The molecule has 1 aliphatic heterocycles. The third-order valence-electron chi connectivity index (χ3n) is 4.87. The van der Waals surface area contributed by atoms with E-state index in [0.717, 1.165) is 5.56 Å². The lowest BCUT2D eigenvalue weighted by Crippen LogP contribution is -2.40. The number of carbonyl (C=O) groups is 2. The van der Waals surface area contributed by atoms with Gasteiger partial charge in [0, 0.05) is 37.0 Å². The minimum absolute atomic E-state index is 0.0730. The van der Waals surface area contributed by atoms with Crippen molar-refractivity contribution in [1.82, 2.24) is 4.31 Å². The van der Waals surface area contributed by atoms with Crippen molar-refractivity contribution in [2.45, 2.75) is 25.7 Å². The number of rotatable bonds is 5. The first-order valence-corrected chi connectivity index (χ1v) is 11.0. The SMILES string of the molecule is CC(=O)Nc1ccc(C)c(NC(=O)c2cc(S(=O)(=O)N3CCOCC3)ccc2C)c1. The third kappa shape index (κ3) is 4.86. The molecule has 2 amide bonds. The van der Waals surface area contributed by atoms with Gasteiger partial charge in [0.25, 0.3) is 5.91 Å². The summed E-state index contributed by atoms with van der Waals surface area (Å²) in [6, 6.07) is 9.74. The van der Waals surface area contributed by atoms with Crippen LogP contribution in [0.25, 0.3) is 0 Å². The molecule has 0 radical (unpaired) electrons. The van der Waals surface area contributed by atoms with E-state index in [2.05, 4.69) is 10.6 Å². The number of anilines is 2. The van der Waals surface area contributed by atoms with E-state index < -0.39 is 15.9 Å². The second-order valence-corrected chi connectivity index (χ2v) is 9.10. The minimum Gasteiger partial charge on any atom is -0.379 e. The second-order valence-electron chi connectivity index (χ2n) is 7.16. The first-order chi connectivity index (χ1) is 14.2. The molecule has 0 aliphatic carbocycles.